The van der Waals surface area contributed by atoms with Crippen LogP contribution in [0.25, 0.3) is 0 Å². The van der Waals surface area contributed by atoms with Crippen LogP contribution in [-0.2, 0) is 25.6 Å². The topological polar surface area (TPSA) is 177 Å². The lowest BCUT2D eigenvalue weighted by Gasteiger charge is -2.26. The lowest BCUT2D eigenvalue weighted by molar-refractivity contribution is -0.142. The molecule has 0 saturated heterocycles. The van der Waals surface area contributed by atoms with Crippen LogP contribution in [0.5, 0.6) is 0 Å². The molecule has 0 fully saturated rings. The Kier molecular flexibility index (Phi) is 12.1. The summed E-state index contributed by atoms with van der Waals surface area (Å²) in [4.78, 5) is 49.7. The van der Waals surface area contributed by atoms with Crippen molar-refractivity contribution < 1.29 is 24.3 Å². The first-order chi connectivity index (χ1) is 15.6. The first kappa shape index (κ1) is 28.1. The molecule has 3 amide bonds. The Morgan fingerprint density at radius 1 is 0.879 bits per heavy atom. The van der Waals surface area contributed by atoms with E-state index in [2.05, 4.69) is 16.0 Å². The summed E-state index contributed by atoms with van der Waals surface area (Å²) in [5.41, 5.74) is 11.9. The predicted octanol–water partition coefficient (Wildman–Crippen LogP) is -0.0997. The Morgan fingerprint density at radius 3 is 2.00 bits per heavy atom. The van der Waals surface area contributed by atoms with Crippen LogP contribution in [0.4, 0.5) is 0 Å². The average Bonchev–Trinajstić information content (AvgIpc) is 2.76. The Bertz CT molecular complexity index is 785. The lowest BCUT2D eigenvalue weighted by Crippen LogP contribution is -2.58. The fourth-order valence-electron chi connectivity index (χ4n) is 3.16. The van der Waals surface area contributed by atoms with Gasteiger partial charge >= 0.3 is 5.97 Å². The van der Waals surface area contributed by atoms with Gasteiger partial charge in [0, 0.05) is 6.42 Å². The number of carboxylic acids is 1. The Morgan fingerprint density at radius 2 is 1.48 bits per heavy atom. The van der Waals surface area contributed by atoms with Crippen molar-refractivity contribution in [1.29, 1.82) is 0 Å². The number of carbonyl (C=O) groups excluding carboxylic acids is 3. The first-order valence-electron chi connectivity index (χ1n) is 11.2. The molecule has 1 aromatic rings. The van der Waals surface area contributed by atoms with Gasteiger partial charge in [0.2, 0.25) is 17.7 Å². The second kappa shape index (κ2) is 14.2. The van der Waals surface area contributed by atoms with Gasteiger partial charge in [0.1, 0.15) is 18.1 Å². The summed E-state index contributed by atoms with van der Waals surface area (Å²) < 4.78 is 0. The molecule has 0 spiro atoms. The van der Waals surface area contributed by atoms with Crippen LogP contribution < -0.4 is 27.4 Å². The maximum absolute atomic E-state index is 13.0. The molecule has 10 heteroatoms. The summed E-state index contributed by atoms with van der Waals surface area (Å²) in [7, 11) is 0. The van der Waals surface area contributed by atoms with Gasteiger partial charge in [-0.2, -0.15) is 0 Å². The van der Waals surface area contributed by atoms with Gasteiger partial charge in [-0.1, -0.05) is 44.2 Å². The van der Waals surface area contributed by atoms with Crippen LogP contribution in [0.15, 0.2) is 30.3 Å². The van der Waals surface area contributed by atoms with E-state index in [0.717, 1.165) is 5.56 Å². The van der Waals surface area contributed by atoms with E-state index in [1.165, 1.54) is 6.92 Å². The van der Waals surface area contributed by atoms with Crippen molar-refractivity contribution in [1.82, 2.24) is 16.0 Å². The number of benzene rings is 1. The van der Waals surface area contributed by atoms with Gasteiger partial charge in [0.15, 0.2) is 0 Å². The van der Waals surface area contributed by atoms with Gasteiger partial charge in [-0.15, -0.1) is 0 Å². The molecule has 4 atom stereocenters. The number of hydrogen-bond acceptors (Lipinski definition) is 6. The molecular formula is C23H37N5O5. The van der Waals surface area contributed by atoms with Crippen molar-refractivity contribution in [3.63, 3.8) is 0 Å². The molecule has 184 valence electrons. The molecule has 10 nitrogen and oxygen atoms in total. The Hall–Kier alpha value is -2.98. The SMILES string of the molecule is CC(N)C(=O)NC(C(=O)NC(Cc1ccccc1)C(=O)NC(CCCCN)C(=O)O)C(C)C. The molecule has 1 aromatic carbocycles. The second-order valence-electron chi connectivity index (χ2n) is 8.45. The number of rotatable bonds is 14. The fourth-order valence-corrected chi connectivity index (χ4v) is 3.16. The summed E-state index contributed by atoms with van der Waals surface area (Å²) in [5, 5.41) is 17.3. The van der Waals surface area contributed by atoms with Crippen molar-refractivity contribution in [3.8, 4) is 0 Å². The normalized spacial score (nSPS) is 14.6. The highest BCUT2D eigenvalue weighted by molar-refractivity contribution is 5.94. The quantitative estimate of drug-likeness (QED) is 0.209. The maximum Gasteiger partial charge on any atom is 0.326 e. The van der Waals surface area contributed by atoms with E-state index in [1.807, 2.05) is 6.07 Å². The number of carbonyl (C=O) groups is 4. The van der Waals surface area contributed by atoms with Crippen molar-refractivity contribution in [3.05, 3.63) is 35.9 Å². The van der Waals surface area contributed by atoms with Crippen LogP contribution >= 0.6 is 0 Å². The standard InChI is InChI=1S/C23H37N5O5/c1-14(2)19(28-20(29)15(3)25)22(31)27-18(13-16-9-5-4-6-10-16)21(30)26-17(23(32)33)11-7-8-12-24/h4-6,9-10,14-15,17-19H,7-8,11-13,24-25H2,1-3H3,(H,26,30)(H,27,31)(H,28,29)(H,32,33). The van der Waals surface area contributed by atoms with E-state index in [-0.39, 0.29) is 18.8 Å². The van der Waals surface area contributed by atoms with Crippen molar-refractivity contribution in [2.24, 2.45) is 17.4 Å². The molecule has 0 aliphatic heterocycles. The third-order valence-electron chi connectivity index (χ3n) is 5.14. The van der Waals surface area contributed by atoms with Gasteiger partial charge < -0.3 is 32.5 Å². The third-order valence-corrected chi connectivity index (χ3v) is 5.14. The molecule has 0 aliphatic carbocycles. The molecule has 1 rings (SSSR count). The smallest absolute Gasteiger partial charge is 0.326 e. The Balaban J connectivity index is 3.04. The van der Waals surface area contributed by atoms with Crippen LogP contribution in [0.2, 0.25) is 0 Å². The molecule has 0 aliphatic rings. The minimum Gasteiger partial charge on any atom is -0.480 e. The van der Waals surface area contributed by atoms with Crippen LogP contribution in [0.3, 0.4) is 0 Å². The van der Waals surface area contributed by atoms with E-state index in [4.69, 9.17) is 11.5 Å². The third kappa shape index (κ3) is 10.0. The highest BCUT2D eigenvalue weighted by Crippen LogP contribution is 2.08. The van der Waals surface area contributed by atoms with Gasteiger partial charge in [-0.3, -0.25) is 14.4 Å². The number of carboxylic acid groups (broad SMARTS) is 1. The average molecular weight is 464 g/mol. The van der Waals surface area contributed by atoms with Gasteiger partial charge in [0.05, 0.1) is 6.04 Å². The number of hydrogen-bond donors (Lipinski definition) is 6. The molecule has 8 N–H and O–H groups in total. The van der Waals surface area contributed by atoms with Crippen LogP contribution in [0.1, 0.15) is 45.6 Å². The summed E-state index contributed by atoms with van der Waals surface area (Å²) >= 11 is 0. The molecule has 0 aromatic heterocycles. The monoisotopic (exact) mass is 463 g/mol. The summed E-state index contributed by atoms with van der Waals surface area (Å²) in [5.74, 6) is -3.08. The van der Waals surface area contributed by atoms with Gasteiger partial charge in [-0.05, 0) is 44.2 Å². The minimum atomic E-state index is -1.16. The number of nitrogens with two attached hydrogens (primary N) is 2. The fraction of sp³-hybridized carbons (Fsp3) is 0.565. The number of amides is 3. The van der Waals surface area contributed by atoms with Gasteiger partial charge in [-0.25, -0.2) is 4.79 Å². The highest BCUT2D eigenvalue weighted by atomic mass is 16.4. The molecular weight excluding hydrogens is 426 g/mol. The number of unbranched alkanes of at least 4 members (excludes halogenated alkanes) is 1. The molecule has 33 heavy (non-hydrogen) atoms. The van der Waals surface area contributed by atoms with Gasteiger partial charge in [0.25, 0.3) is 0 Å². The zero-order valence-electron chi connectivity index (χ0n) is 19.5. The van der Waals surface area contributed by atoms with E-state index < -0.39 is 47.9 Å². The van der Waals surface area contributed by atoms with Crippen molar-refractivity contribution in [2.75, 3.05) is 6.54 Å². The maximum atomic E-state index is 13.0. The molecule has 0 saturated carbocycles. The zero-order chi connectivity index (χ0) is 25.0. The molecule has 0 heterocycles. The number of aliphatic carboxylic acids is 1. The minimum absolute atomic E-state index is 0.152. The van der Waals surface area contributed by atoms with Crippen LogP contribution in [-0.4, -0.2) is 59.5 Å². The van der Waals surface area contributed by atoms with Crippen LogP contribution in [0, 0.1) is 5.92 Å². The second-order valence-corrected chi connectivity index (χ2v) is 8.45. The van der Waals surface area contributed by atoms with E-state index >= 15 is 0 Å². The highest BCUT2D eigenvalue weighted by Gasteiger charge is 2.31. The van der Waals surface area contributed by atoms with E-state index in [0.29, 0.717) is 19.4 Å². The molecule has 0 bridgehead atoms. The van der Waals surface area contributed by atoms with E-state index in [9.17, 15) is 24.3 Å². The number of nitrogens with one attached hydrogen (secondary N) is 3. The van der Waals surface area contributed by atoms with E-state index in [1.54, 1.807) is 38.1 Å². The Labute approximate surface area is 194 Å². The molecule has 4 unspecified atom stereocenters. The summed E-state index contributed by atoms with van der Waals surface area (Å²) in [6, 6.07) is 5.20. The largest absolute Gasteiger partial charge is 0.480 e. The van der Waals surface area contributed by atoms with Crippen molar-refractivity contribution in [2.45, 2.75) is 70.6 Å². The zero-order valence-corrected chi connectivity index (χ0v) is 19.5. The summed E-state index contributed by atoms with van der Waals surface area (Å²) in [6.45, 7) is 5.45. The summed E-state index contributed by atoms with van der Waals surface area (Å²) in [6.07, 6.45) is 1.56. The molecule has 0 radical (unpaired) electrons. The lowest BCUT2D eigenvalue weighted by atomic mass is 10.00. The predicted molar refractivity (Wildman–Crippen MR) is 125 cm³/mol. The van der Waals surface area contributed by atoms with Crippen molar-refractivity contribution >= 4 is 23.7 Å². The first-order valence-corrected chi connectivity index (χ1v) is 11.2.